The predicted molar refractivity (Wildman–Crippen MR) is 159 cm³/mol. The van der Waals surface area contributed by atoms with Gasteiger partial charge in [-0.15, -0.1) is 0 Å². The molecule has 0 aliphatic heterocycles. The summed E-state index contributed by atoms with van der Waals surface area (Å²) in [4.78, 5) is 12.3. The van der Waals surface area contributed by atoms with Gasteiger partial charge in [-0.25, -0.2) is 4.79 Å². The van der Waals surface area contributed by atoms with Crippen molar-refractivity contribution in [1.82, 2.24) is 0 Å². The molecule has 0 unspecified atom stereocenters. The molecule has 3 aromatic rings. The molecule has 0 spiro atoms. The summed E-state index contributed by atoms with van der Waals surface area (Å²) in [5, 5.41) is 0. The minimum atomic E-state index is -3.88. The third-order valence-electron chi connectivity index (χ3n) is 5.78. The van der Waals surface area contributed by atoms with E-state index in [1.165, 1.54) is 43.5 Å². The molecule has 0 radical (unpaired) electrons. The van der Waals surface area contributed by atoms with E-state index in [9.17, 15) is 21.6 Å². The van der Waals surface area contributed by atoms with Gasteiger partial charge in [-0.1, -0.05) is 24.3 Å². The fourth-order valence-electron chi connectivity index (χ4n) is 3.70. The third kappa shape index (κ3) is 11.5. The van der Waals surface area contributed by atoms with E-state index >= 15 is 0 Å². The van der Waals surface area contributed by atoms with Crippen LogP contribution < -0.4 is 9.47 Å². The summed E-state index contributed by atoms with van der Waals surface area (Å²) in [6.45, 7) is 3.75. The summed E-state index contributed by atoms with van der Waals surface area (Å²) in [7, 11) is -6.51. The number of benzene rings is 3. The second-order valence-electron chi connectivity index (χ2n) is 9.29. The van der Waals surface area contributed by atoms with Crippen LogP contribution in [0.25, 0.3) is 0 Å². The second kappa shape index (κ2) is 17.1. The van der Waals surface area contributed by atoms with Gasteiger partial charge >= 0.3 is 5.97 Å². The molecule has 240 valence electrons. The van der Waals surface area contributed by atoms with Gasteiger partial charge in [0.2, 0.25) is 0 Å². The topological polar surface area (TPSA) is 150 Å². The lowest BCUT2D eigenvalue weighted by atomic mass is 10.2. The number of ether oxygens (including phenoxy) is 5. The van der Waals surface area contributed by atoms with E-state index in [1.807, 2.05) is 0 Å². The van der Waals surface area contributed by atoms with E-state index in [0.717, 1.165) is 11.1 Å². The van der Waals surface area contributed by atoms with E-state index < -0.39 is 26.2 Å². The summed E-state index contributed by atoms with van der Waals surface area (Å²) in [6, 6.07) is 17.4. The molecule has 0 aliphatic carbocycles. The molecule has 0 saturated heterocycles. The molecule has 0 aromatic heterocycles. The Morgan fingerprint density at radius 2 is 1.02 bits per heavy atom. The third-order valence-corrected chi connectivity index (χ3v) is 8.40. The van der Waals surface area contributed by atoms with Crippen molar-refractivity contribution in [3.63, 3.8) is 0 Å². The summed E-state index contributed by atoms with van der Waals surface area (Å²) >= 11 is 0. The van der Waals surface area contributed by atoms with Crippen LogP contribution in [-0.4, -0.2) is 82.8 Å². The summed E-state index contributed by atoms with van der Waals surface area (Å²) in [6.07, 6.45) is 0. The summed E-state index contributed by atoms with van der Waals surface area (Å²) in [5.41, 5.74) is 1.80. The molecular formula is C30H36O12S2. The molecule has 12 nitrogen and oxygen atoms in total. The zero-order valence-electron chi connectivity index (χ0n) is 24.7. The van der Waals surface area contributed by atoms with Crippen LogP contribution in [0.4, 0.5) is 0 Å². The van der Waals surface area contributed by atoms with Crippen molar-refractivity contribution in [1.29, 1.82) is 0 Å². The molecule has 0 fully saturated rings. The van der Waals surface area contributed by atoms with Crippen LogP contribution in [0, 0.1) is 13.8 Å². The first kappa shape index (κ1) is 35.0. The van der Waals surface area contributed by atoms with Crippen molar-refractivity contribution in [2.45, 2.75) is 23.6 Å². The number of hydrogen-bond donors (Lipinski definition) is 0. The lowest BCUT2D eigenvalue weighted by Gasteiger charge is -2.12. The van der Waals surface area contributed by atoms with Crippen LogP contribution in [0.2, 0.25) is 0 Å². The van der Waals surface area contributed by atoms with Crippen LogP contribution in [-0.2, 0) is 42.8 Å². The van der Waals surface area contributed by atoms with Gasteiger partial charge in [0.1, 0.15) is 24.7 Å². The first-order valence-corrected chi connectivity index (χ1v) is 16.4. The minimum absolute atomic E-state index is 0.0217. The highest BCUT2D eigenvalue weighted by Gasteiger charge is 2.16. The van der Waals surface area contributed by atoms with Crippen LogP contribution in [0.5, 0.6) is 11.5 Å². The molecule has 0 N–H and O–H groups in total. The van der Waals surface area contributed by atoms with Gasteiger partial charge in [-0.2, -0.15) is 16.8 Å². The molecule has 0 amide bonds. The van der Waals surface area contributed by atoms with Crippen LogP contribution in [0.3, 0.4) is 0 Å². The lowest BCUT2D eigenvalue weighted by molar-refractivity contribution is 0.0597. The van der Waals surface area contributed by atoms with E-state index in [1.54, 1.807) is 44.2 Å². The van der Waals surface area contributed by atoms with Gasteiger partial charge < -0.3 is 23.7 Å². The fraction of sp³-hybridized carbons (Fsp3) is 0.367. The largest absolute Gasteiger partial charge is 0.491 e. The standard InChI is InChI=1S/C30H36O12S2/c1-23-6-4-8-28(18-23)43(32,33)41-16-12-37-10-14-39-26-20-25(30(31)36-3)21-27(22-26)40-15-11-38-13-17-42-44(34,35)29-9-5-7-24(2)19-29/h4-9,18-22H,10-17H2,1-3H3. The molecule has 44 heavy (non-hydrogen) atoms. The second-order valence-corrected chi connectivity index (χ2v) is 12.5. The highest BCUT2D eigenvalue weighted by Crippen LogP contribution is 2.24. The van der Waals surface area contributed by atoms with Gasteiger partial charge in [-0.05, 0) is 61.4 Å². The maximum atomic E-state index is 12.2. The van der Waals surface area contributed by atoms with Crippen molar-refractivity contribution in [2.24, 2.45) is 0 Å². The smallest absolute Gasteiger partial charge is 0.338 e. The van der Waals surface area contributed by atoms with E-state index in [4.69, 9.17) is 32.1 Å². The molecule has 3 rings (SSSR count). The average Bonchev–Trinajstić information content (AvgIpc) is 2.99. The van der Waals surface area contributed by atoms with Gasteiger partial charge in [-0.3, -0.25) is 8.37 Å². The summed E-state index contributed by atoms with van der Waals surface area (Å²) < 4.78 is 85.9. The van der Waals surface area contributed by atoms with E-state index in [-0.39, 0.29) is 68.2 Å². The monoisotopic (exact) mass is 652 g/mol. The first-order valence-electron chi connectivity index (χ1n) is 13.6. The number of aryl methyl sites for hydroxylation is 2. The van der Waals surface area contributed by atoms with Crippen molar-refractivity contribution >= 4 is 26.2 Å². The van der Waals surface area contributed by atoms with Gasteiger partial charge in [0.25, 0.3) is 20.2 Å². The first-order chi connectivity index (χ1) is 21.0. The van der Waals surface area contributed by atoms with Crippen LogP contribution in [0.1, 0.15) is 21.5 Å². The predicted octanol–water partition coefficient (Wildman–Crippen LogP) is 3.69. The Kier molecular flexibility index (Phi) is 13.6. The van der Waals surface area contributed by atoms with Crippen molar-refractivity contribution < 1.29 is 53.7 Å². The maximum Gasteiger partial charge on any atom is 0.338 e. The van der Waals surface area contributed by atoms with Gasteiger partial charge in [0.05, 0.1) is 62.1 Å². The minimum Gasteiger partial charge on any atom is -0.491 e. The number of carbonyl (C=O) groups excluding carboxylic acids is 1. The Labute approximate surface area is 258 Å². The Morgan fingerprint density at radius 1 is 0.591 bits per heavy atom. The molecule has 0 bridgehead atoms. The maximum absolute atomic E-state index is 12.2. The highest BCUT2D eigenvalue weighted by atomic mass is 32.2. The van der Waals surface area contributed by atoms with E-state index in [0.29, 0.717) is 11.5 Å². The quantitative estimate of drug-likeness (QED) is 0.106. The van der Waals surface area contributed by atoms with Crippen molar-refractivity contribution in [3.05, 3.63) is 83.4 Å². The zero-order valence-corrected chi connectivity index (χ0v) is 26.4. The Hall–Kier alpha value is -3.53. The van der Waals surface area contributed by atoms with Crippen molar-refractivity contribution in [2.75, 3.05) is 60.0 Å². The zero-order chi connectivity index (χ0) is 32.0. The molecule has 3 aromatic carbocycles. The molecule has 0 atom stereocenters. The van der Waals surface area contributed by atoms with Crippen LogP contribution in [0.15, 0.2) is 76.5 Å². The summed E-state index contributed by atoms with van der Waals surface area (Å²) in [5.74, 6) is 0.0487. The number of esters is 1. The Morgan fingerprint density at radius 3 is 1.43 bits per heavy atom. The molecule has 0 heterocycles. The van der Waals surface area contributed by atoms with Gasteiger partial charge in [0, 0.05) is 6.07 Å². The number of rotatable bonds is 19. The van der Waals surface area contributed by atoms with Crippen molar-refractivity contribution in [3.8, 4) is 11.5 Å². The van der Waals surface area contributed by atoms with E-state index in [2.05, 4.69) is 0 Å². The number of methoxy groups -OCH3 is 1. The fourth-order valence-corrected chi connectivity index (χ4v) is 5.70. The van der Waals surface area contributed by atoms with Crippen LogP contribution >= 0.6 is 0 Å². The average molecular weight is 653 g/mol. The normalized spacial score (nSPS) is 11.7. The highest BCUT2D eigenvalue weighted by molar-refractivity contribution is 7.87. The molecule has 14 heteroatoms. The lowest BCUT2D eigenvalue weighted by Crippen LogP contribution is -2.15. The van der Waals surface area contributed by atoms with Gasteiger partial charge in [0.15, 0.2) is 0 Å². The number of carbonyl (C=O) groups is 1. The SMILES string of the molecule is COC(=O)c1cc(OCCOCCOS(=O)(=O)c2cccc(C)c2)cc(OCCOCCOS(=O)(=O)c2cccc(C)c2)c1. The molecule has 0 saturated carbocycles. The molecular weight excluding hydrogens is 616 g/mol. The Balaban J connectivity index is 1.38. The number of hydrogen-bond acceptors (Lipinski definition) is 12. The molecule has 0 aliphatic rings. The Bertz CT molecular complexity index is 1480.